The second kappa shape index (κ2) is 12.9. The minimum absolute atomic E-state index is 0.0633. The highest BCUT2D eigenvalue weighted by Crippen LogP contribution is 2.26. The summed E-state index contributed by atoms with van der Waals surface area (Å²) in [4.78, 5) is 20.6. The van der Waals surface area contributed by atoms with Crippen molar-refractivity contribution < 1.29 is 17.9 Å². The molecule has 0 amide bonds. The van der Waals surface area contributed by atoms with E-state index in [0.29, 0.717) is 36.9 Å². The molecule has 38 heavy (non-hydrogen) atoms. The molecule has 0 saturated carbocycles. The Morgan fingerprint density at radius 2 is 1.74 bits per heavy atom. The van der Waals surface area contributed by atoms with Crippen LogP contribution < -0.4 is 15.4 Å². The fourth-order valence-corrected chi connectivity index (χ4v) is 5.64. The predicted molar refractivity (Wildman–Crippen MR) is 152 cm³/mol. The van der Waals surface area contributed by atoms with Gasteiger partial charge in [-0.1, -0.05) is 33.8 Å². The van der Waals surface area contributed by atoms with Crippen molar-refractivity contribution in [2.24, 2.45) is 5.41 Å². The number of nitrogens with one attached hydrogen (secondary N) is 2. The second-order valence-electron chi connectivity index (χ2n) is 10.5. The highest BCUT2D eigenvalue weighted by atomic mass is 32.2. The van der Waals surface area contributed by atoms with Crippen molar-refractivity contribution in [1.29, 1.82) is 0 Å². The van der Waals surface area contributed by atoms with Gasteiger partial charge in [0.05, 0.1) is 17.3 Å². The average molecular weight is 539 g/mol. The molecule has 0 aliphatic rings. The number of hydrogen-bond acceptors (Lipinski definition) is 8. The highest BCUT2D eigenvalue weighted by Gasteiger charge is 2.23. The molecular formula is C29H38N4O4S. The van der Waals surface area contributed by atoms with Gasteiger partial charge in [-0.3, -0.25) is 4.79 Å². The number of benzene rings is 2. The summed E-state index contributed by atoms with van der Waals surface area (Å²) in [5, 5.41) is 6.42. The Morgan fingerprint density at radius 1 is 1.00 bits per heavy atom. The Kier molecular flexibility index (Phi) is 9.85. The Balaban J connectivity index is 1.62. The number of carbonyl (C=O) groups is 1. The molecule has 0 fully saturated rings. The average Bonchev–Trinajstić information content (AvgIpc) is 2.85. The van der Waals surface area contributed by atoms with Gasteiger partial charge in [0.15, 0.2) is 9.84 Å². The van der Waals surface area contributed by atoms with E-state index in [1.54, 1.807) is 24.4 Å². The summed E-state index contributed by atoms with van der Waals surface area (Å²) in [6, 6.07) is 14.3. The van der Waals surface area contributed by atoms with Crippen molar-refractivity contribution >= 4 is 38.8 Å². The van der Waals surface area contributed by atoms with Crippen LogP contribution in [0.5, 0.6) is 5.75 Å². The van der Waals surface area contributed by atoms with E-state index in [0.717, 1.165) is 29.8 Å². The van der Waals surface area contributed by atoms with Crippen LogP contribution in [0.2, 0.25) is 0 Å². The van der Waals surface area contributed by atoms with Gasteiger partial charge in [-0.15, -0.1) is 0 Å². The molecule has 3 rings (SSSR count). The fraction of sp³-hybridized carbons (Fsp3) is 0.414. The van der Waals surface area contributed by atoms with Gasteiger partial charge >= 0.3 is 0 Å². The first-order valence-corrected chi connectivity index (χ1v) is 14.6. The first-order valence-electron chi connectivity index (χ1n) is 12.9. The summed E-state index contributed by atoms with van der Waals surface area (Å²) in [6.07, 6.45) is 4.58. The van der Waals surface area contributed by atoms with E-state index in [2.05, 4.69) is 20.6 Å². The molecule has 0 aliphatic heterocycles. The normalized spacial score (nSPS) is 11.7. The number of rotatable bonds is 13. The Morgan fingerprint density at radius 3 is 2.42 bits per heavy atom. The number of ketones is 1. The number of aryl methyl sites for hydroxylation is 1. The van der Waals surface area contributed by atoms with Gasteiger partial charge in [0.1, 0.15) is 17.4 Å². The van der Waals surface area contributed by atoms with Crippen molar-refractivity contribution in [1.82, 2.24) is 9.97 Å². The van der Waals surface area contributed by atoms with E-state index in [4.69, 9.17) is 4.74 Å². The second-order valence-corrected chi connectivity index (χ2v) is 12.5. The van der Waals surface area contributed by atoms with Gasteiger partial charge in [-0.25, -0.2) is 13.4 Å². The van der Waals surface area contributed by atoms with Gasteiger partial charge in [0, 0.05) is 36.0 Å². The van der Waals surface area contributed by atoms with Crippen molar-refractivity contribution in [2.75, 3.05) is 23.0 Å². The molecule has 1 aromatic heterocycles. The summed E-state index contributed by atoms with van der Waals surface area (Å²) < 4.78 is 31.4. The Bertz CT molecular complexity index is 1330. The van der Waals surface area contributed by atoms with Crippen LogP contribution >= 0.6 is 0 Å². The summed E-state index contributed by atoms with van der Waals surface area (Å²) >= 11 is 0. The molecule has 0 spiro atoms. The Labute approximate surface area is 226 Å². The number of anilines is 4. The van der Waals surface area contributed by atoms with E-state index in [9.17, 15) is 13.2 Å². The zero-order valence-electron chi connectivity index (χ0n) is 22.9. The smallest absolute Gasteiger partial charge is 0.229 e. The SMILES string of the molecule is CCC(=O)CCCCOc1ccc(Nc2ncc(C)c(Nc3cccc(S(=O)(=O)CC(C)(C)C)c3)n2)cc1. The molecule has 0 atom stereocenters. The van der Waals surface area contributed by atoms with Gasteiger partial charge in [0.2, 0.25) is 5.95 Å². The summed E-state index contributed by atoms with van der Waals surface area (Å²) in [7, 11) is -3.42. The third-order valence-corrected chi connectivity index (χ3v) is 7.89. The summed E-state index contributed by atoms with van der Waals surface area (Å²) in [5.74, 6) is 2.09. The monoisotopic (exact) mass is 538 g/mol. The highest BCUT2D eigenvalue weighted by molar-refractivity contribution is 7.91. The third-order valence-electron chi connectivity index (χ3n) is 5.67. The van der Waals surface area contributed by atoms with Crippen LogP contribution in [0, 0.1) is 12.3 Å². The topological polar surface area (TPSA) is 110 Å². The number of ether oxygens (including phenoxy) is 1. The van der Waals surface area contributed by atoms with Crippen LogP contribution in [0.15, 0.2) is 59.6 Å². The van der Waals surface area contributed by atoms with E-state index in [-0.39, 0.29) is 21.8 Å². The number of unbranched alkanes of at least 4 members (excludes halogenated alkanes) is 1. The number of Topliss-reactive ketones (excluding diaryl/α,β-unsaturated/α-hetero) is 1. The standard InChI is InChI=1S/C29H38N4O4S/c1-6-24(34)11-7-8-17-37-25-15-13-22(14-16-25)32-28-30-19-21(2)27(33-28)31-23-10-9-12-26(18-23)38(35,36)20-29(3,4)5/h9-10,12-16,18-19H,6-8,11,17,20H2,1-5H3,(H2,30,31,32,33). The number of carbonyl (C=O) groups excluding carboxylic acids is 1. The molecule has 0 radical (unpaired) electrons. The molecule has 2 N–H and O–H groups in total. The molecule has 9 heteroatoms. The van der Waals surface area contributed by atoms with Crippen molar-refractivity contribution in [3.05, 3.63) is 60.3 Å². The van der Waals surface area contributed by atoms with Crippen LogP contribution in [0.3, 0.4) is 0 Å². The maximum Gasteiger partial charge on any atom is 0.229 e. The van der Waals surface area contributed by atoms with Crippen molar-refractivity contribution in [3.63, 3.8) is 0 Å². The first-order chi connectivity index (χ1) is 17.9. The lowest BCUT2D eigenvalue weighted by atomic mass is 10.0. The van der Waals surface area contributed by atoms with E-state index in [1.165, 1.54) is 0 Å². The van der Waals surface area contributed by atoms with Crippen molar-refractivity contribution in [2.45, 2.75) is 65.2 Å². The predicted octanol–water partition coefficient (Wildman–Crippen LogP) is 6.62. The molecule has 2 aromatic carbocycles. The largest absolute Gasteiger partial charge is 0.494 e. The van der Waals surface area contributed by atoms with Gasteiger partial charge in [-0.05, 0) is 67.6 Å². The molecule has 204 valence electrons. The summed E-state index contributed by atoms with van der Waals surface area (Å²) in [6.45, 7) is 10.1. The maximum absolute atomic E-state index is 12.8. The number of hydrogen-bond donors (Lipinski definition) is 2. The summed E-state index contributed by atoms with van der Waals surface area (Å²) in [5.41, 5.74) is 1.92. The maximum atomic E-state index is 12.8. The van der Waals surface area contributed by atoms with E-state index >= 15 is 0 Å². The van der Waals surface area contributed by atoms with Crippen LogP contribution in [0.4, 0.5) is 23.1 Å². The van der Waals surface area contributed by atoms with Crippen molar-refractivity contribution in [3.8, 4) is 5.75 Å². The third kappa shape index (κ3) is 9.13. The number of nitrogens with zero attached hydrogens (tertiary/aromatic N) is 2. The Hall–Kier alpha value is -3.46. The van der Waals surface area contributed by atoms with Gasteiger partial charge in [-0.2, -0.15) is 4.98 Å². The number of aromatic nitrogens is 2. The molecule has 0 saturated heterocycles. The molecule has 3 aromatic rings. The zero-order valence-corrected chi connectivity index (χ0v) is 23.7. The van der Waals surface area contributed by atoms with Crippen LogP contribution in [-0.4, -0.2) is 36.5 Å². The fourth-order valence-electron chi connectivity index (χ4n) is 3.74. The minimum atomic E-state index is -3.42. The quantitative estimate of drug-likeness (QED) is 0.234. The lowest BCUT2D eigenvalue weighted by molar-refractivity contribution is -0.118. The lowest BCUT2D eigenvalue weighted by Crippen LogP contribution is -2.20. The molecule has 0 aliphatic carbocycles. The zero-order chi connectivity index (χ0) is 27.8. The van der Waals surface area contributed by atoms with Gasteiger partial charge < -0.3 is 15.4 Å². The molecule has 0 bridgehead atoms. The van der Waals surface area contributed by atoms with Crippen LogP contribution in [0.1, 0.15) is 58.9 Å². The first kappa shape index (κ1) is 29.1. The number of sulfone groups is 1. The van der Waals surface area contributed by atoms with E-state index < -0.39 is 9.84 Å². The molecular weight excluding hydrogens is 500 g/mol. The van der Waals surface area contributed by atoms with E-state index in [1.807, 2.05) is 65.0 Å². The molecule has 8 nitrogen and oxygen atoms in total. The van der Waals surface area contributed by atoms with Crippen LogP contribution in [0.25, 0.3) is 0 Å². The lowest BCUT2D eigenvalue weighted by Gasteiger charge is -2.18. The molecule has 1 heterocycles. The molecule has 0 unspecified atom stereocenters. The van der Waals surface area contributed by atoms with Crippen LogP contribution in [-0.2, 0) is 14.6 Å². The van der Waals surface area contributed by atoms with Gasteiger partial charge in [0.25, 0.3) is 0 Å². The minimum Gasteiger partial charge on any atom is -0.494 e.